The zero-order valence-electron chi connectivity index (χ0n) is 18.1. The van der Waals surface area contributed by atoms with Gasteiger partial charge < -0.3 is 14.0 Å². The van der Waals surface area contributed by atoms with E-state index in [1.165, 1.54) is 38.3 Å². The van der Waals surface area contributed by atoms with Crippen LogP contribution in [0.15, 0.2) is 59.6 Å². The van der Waals surface area contributed by atoms with Gasteiger partial charge in [-0.2, -0.15) is 9.98 Å². The lowest BCUT2D eigenvalue weighted by atomic mass is 10.1. The van der Waals surface area contributed by atoms with Gasteiger partial charge in [-0.3, -0.25) is 9.59 Å². The van der Waals surface area contributed by atoms with Crippen LogP contribution in [0.3, 0.4) is 0 Å². The van der Waals surface area contributed by atoms with Gasteiger partial charge in [-0.25, -0.2) is 8.42 Å². The van der Waals surface area contributed by atoms with Gasteiger partial charge in [0, 0.05) is 29.2 Å². The maximum atomic E-state index is 12.7. The van der Waals surface area contributed by atoms with Crippen LogP contribution in [-0.2, 0) is 26.1 Å². The van der Waals surface area contributed by atoms with Crippen molar-refractivity contribution in [3.05, 3.63) is 60.3 Å². The Morgan fingerprint density at radius 1 is 1.15 bits per heavy atom. The van der Waals surface area contributed by atoms with E-state index in [2.05, 4.69) is 10.8 Å². The van der Waals surface area contributed by atoms with Crippen molar-refractivity contribution in [1.29, 1.82) is 5.26 Å². The zero-order chi connectivity index (χ0) is 24.0. The fraction of sp³-hybridized carbons (Fsp3) is 0.261. The Morgan fingerprint density at radius 2 is 1.85 bits per heavy atom. The van der Waals surface area contributed by atoms with Crippen LogP contribution in [0.2, 0.25) is 0 Å². The Balaban J connectivity index is 1.65. The van der Waals surface area contributed by atoms with Gasteiger partial charge in [0.15, 0.2) is 6.61 Å². The summed E-state index contributed by atoms with van der Waals surface area (Å²) in [6.07, 6.45) is 1.92. The highest BCUT2D eigenvalue weighted by molar-refractivity contribution is 7.89. The second-order valence-electron chi connectivity index (χ2n) is 7.21. The van der Waals surface area contributed by atoms with Crippen LogP contribution >= 0.6 is 0 Å². The molecule has 172 valence electrons. The molecule has 1 atom stereocenters. The third kappa shape index (κ3) is 5.58. The molecular formula is C23H23N3O6S. The maximum Gasteiger partial charge on any atom is 0.324 e. The van der Waals surface area contributed by atoms with E-state index in [4.69, 9.17) is 14.7 Å². The average molecular weight is 470 g/mol. The normalized spacial score (nSPS) is 12.2. The summed E-state index contributed by atoms with van der Waals surface area (Å²) in [7, 11) is -2.51. The number of carbonyl (C=O) groups excluding carboxylic acids is 2. The molecule has 1 heterocycles. The molecule has 3 aromatic rings. The quantitative estimate of drug-likeness (QED) is 0.357. The fourth-order valence-corrected chi connectivity index (χ4v) is 4.46. The molecule has 1 aromatic heterocycles. The lowest BCUT2D eigenvalue weighted by molar-refractivity contribution is -0.144. The largest absolute Gasteiger partial charge is 0.497 e. The number of sulfonamides is 1. The van der Waals surface area contributed by atoms with Gasteiger partial charge >= 0.3 is 5.97 Å². The van der Waals surface area contributed by atoms with Crippen molar-refractivity contribution in [3.8, 4) is 11.8 Å². The number of Topliss-reactive ketones (excluding diaryl/α,β-unsaturated/α-hetero) is 1. The van der Waals surface area contributed by atoms with E-state index < -0.39 is 34.4 Å². The molecule has 0 fully saturated rings. The Morgan fingerprint density at radius 3 is 2.52 bits per heavy atom. The first-order valence-corrected chi connectivity index (χ1v) is 11.6. The number of hydrogen-bond acceptors (Lipinski definition) is 7. The van der Waals surface area contributed by atoms with E-state index in [0.717, 1.165) is 5.52 Å². The highest BCUT2D eigenvalue weighted by Crippen LogP contribution is 2.22. The van der Waals surface area contributed by atoms with Crippen molar-refractivity contribution in [2.45, 2.75) is 30.8 Å². The van der Waals surface area contributed by atoms with Crippen LogP contribution in [0.5, 0.6) is 5.75 Å². The van der Waals surface area contributed by atoms with Crippen molar-refractivity contribution in [2.24, 2.45) is 0 Å². The van der Waals surface area contributed by atoms with Gasteiger partial charge in [-0.1, -0.05) is 18.2 Å². The van der Waals surface area contributed by atoms with Crippen LogP contribution in [-0.4, -0.2) is 44.5 Å². The summed E-state index contributed by atoms with van der Waals surface area (Å²) in [5.74, 6) is -0.817. The number of hydrogen-bond donors (Lipinski definition) is 1. The lowest BCUT2D eigenvalue weighted by Gasteiger charge is -2.13. The molecule has 0 spiro atoms. The third-order valence-corrected chi connectivity index (χ3v) is 6.51. The first-order chi connectivity index (χ1) is 15.8. The predicted octanol–water partition coefficient (Wildman–Crippen LogP) is 2.66. The molecule has 0 bridgehead atoms. The van der Waals surface area contributed by atoms with Crippen LogP contribution in [0.25, 0.3) is 10.9 Å². The van der Waals surface area contributed by atoms with Gasteiger partial charge in [-0.05, 0) is 37.3 Å². The summed E-state index contributed by atoms with van der Waals surface area (Å²) in [5.41, 5.74) is 1.16. The van der Waals surface area contributed by atoms with Crippen molar-refractivity contribution >= 4 is 32.7 Å². The molecule has 0 amide bonds. The minimum absolute atomic E-state index is 0.0378. The molecule has 0 aliphatic heterocycles. The Labute approximate surface area is 191 Å². The molecule has 33 heavy (non-hydrogen) atoms. The van der Waals surface area contributed by atoms with Gasteiger partial charge in [0.1, 0.15) is 11.8 Å². The van der Waals surface area contributed by atoms with Crippen LogP contribution in [0.4, 0.5) is 0 Å². The van der Waals surface area contributed by atoms with E-state index in [1.807, 2.05) is 12.1 Å². The molecule has 9 nitrogen and oxygen atoms in total. The van der Waals surface area contributed by atoms with E-state index >= 15 is 0 Å². The van der Waals surface area contributed by atoms with E-state index in [0.29, 0.717) is 23.2 Å². The van der Waals surface area contributed by atoms with E-state index in [1.54, 1.807) is 22.9 Å². The molecule has 0 saturated carbocycles. The number of methoxy groups -OCH3 is 1. The Bertz CT molecular complexity index is 1310. The number of nitriles is 1. The first-order valence-electron chi connectivity index (χ1n) is 10.1. The first kappa shape index (κ1) is 24.0. The van der Waals surface area contributed by atoms with Crippen molar-refractivity contribution < 1.29 is 27.5 Å². The number of nitrogens with one attached hydrogen (secondary N) is 1. The van der Waals surface area contributed by atoms with Crippen molar-refractivity contribution in [2.75, 3.05) is 13.7 Å². The summed E-state index contributed by atoms with van der Waals surface area (Å²) in [4.78, 5) is 25.0. The van der Waals surface area contributed by atoms with Crippen LogP contribution in [0.1, 0.15) is 23.7 Å². The molecule has 1 N–H and O–H groups in total. The van der Waals surface area contributed by atoms with E-state index in [-0.39, 0.29) is 11.3 Å². The SMILES string of the molecule is COc1ccc(S(=O)(=O)N[C@@H](C)C(=O)OCC(=O)c2cn(CCC#N)c3ccccc23)cc1. The smallest absolute Gasteiger partial charge is 0.324 e. The van der Waals surface area contributed by atoms with Crippen molar-refractivity contribution in [3.63, 3.8) is 0 Å². The van der Waals surface area contributed by atoms with E-state index in [9.17, 15) is 18.0 Å². The van der Waals surface area contributed by atoms with Crippen LogP contribution in [0, 0.1) is 11.3 Å². The maximum absolute atomic E-state index is 12.7. The number of esters is 1. The summed E-state index contributed by atoms with van der Waals surface area (Å²) >= 11 is 0. The van der Waals surface area contributed by atoms with Crippen LogP contribution < -0.4 is 9.46 Å². The minimum atomic E-state index is -3.98. The summed E-state index contributed by atoms with van der Waals surface area (Å²) < 4.78 is 39.1. The summed E-state index contributed by atoms with van der Waals surface area (Å²) in [6.45, 7) is 1.22. The monoisotopic (exact) mass is 469 g/mol. The summed E-state index contributed by atoms with van der Waals surface area (Å²) in [5, 5.41) is 9.53. The Hall–Kier alpha value is -3.68. The molecule has 0 aliphatic rings. The second-order valence-corrected chi connectivity index (χ2v) is 8.92. The summed E-state index contributed by atoms with van der Waals surface area (Å²) in [6, 6.07) is 13.8. The fourth-order valence-electron chi connectivity index (χ4n) is 3.27. The number of nitrogens with zero attached hydrogens (tertiary/aromatic N) is 2. The molecule has 0 saturated heterocycles. The number of rotatable bonds is 10. The standard InChI is InChI=1S/C23H23N3O6S/c1-16(25-33(29,30)18-10-8-17(31-2)9-11-18)23(28)32-15-22(27)20-14-26(13-5-12-24)21-7-4-3-6-19(20)21/h3-4,6-11,14,16,25H,5,13,15H2,1-2H3/t16-/m0/s1. The highest BCUT2D eigenvalue weighted by Gasteiger charge is 2.24. The lowest BCUT2D eigenvalue weighted by Crippen LogP contribution is -2.40. The number of ketones is 1. The van der Waals surface area contributed by atoms with Gasteiger partial charge in [-0.15, -0.1) is 0 Å². The number of aromatic nitrogens is 1. The molecule has 2 aromatic carbocycles. The van der Waals surface area contributed by atoms with Crippen molar-refractivity contribution in [1.82, 2.24) is 9.29 Å². The number of ether oxygens (including phenoxy) is 2. The molecule has 0 radical (unpaired) electrons. The molecule has 0 aliphatic carbocycles. The number of benzene rings is 2. The van der Waals surface area contributed by atoms with Gasteiger partial charge in [0.05, 0.1) is 24.5 Å². The number of fused-ring (bicyclic) bond motifs is 1. The molecule has 3 rings (SSSR count). The molecule has 10 heteroatoms. The molecular weight excluding hydrogens is 446 g/mol. The highest BCUT2D eigenvalue weighted by atomic mass is 32.2. The minimum Gasteiger partial charge on any atom is -0.497 e. The van der Waals surface area contributed by atoms with Gasteiger partial charge in [0.2, 0.25) is 15.8 Å². The average Bonchev–Trinajstić information content (AvgIpc) is 3.19. The number of para-hydroxylation sites is 1. The second kappa shape index (κ2) is 10.3. The molecule has 0 unspecified atom stereocenters. The van der Waals surface area contributed by atoms with Gasteiger partial charge in [0.25, 0.3) is 0 Å². The topological polar surface area (TPSA) is 127 Å². The third-order valence-electron chi connectivity index (χ3n) is 4.95. The zero-order valence-corrected chi connectivity index (χ0v) is 19.0. The number of carbonyl (C=O) groups is 2. The Kier molecular flexibility index (Phi) is 7.48. The number of aryl methyl sites for hydroxylation is 1. The predicted molar refractivity (Wildman–Crippen MR) is 120 cm³/mol.